The van der Waals surface area contributed by atoms with E-state index in [1.807, 2.05) is 0 Å². The standard InChI is InChI=1S/C15H11Cl2NO3/c1-8-3-2-4-12(13(8)15(20)21)18-14(19)10-6-5-9(16)7-11(10)17/h2-7H,1H3,(H,18,19)(H,20,21). The zero-order chi connectivity index (χ0) is 15.6. The van der Waals surface area contributed by atoms with Crippen LogP contribution in [0.3, 0.4) is 0 Å². The van der Waals surface area contributed by atoms with Gasteiger partial charge < -0.3 is 10.4 Å². The van der Waals surface area contributed by atoms with E-state index in [2.05, 4.69) is 5.32 Å². The van der Waals surface area contributed by atoms with Gasteiger partial charge in [-0.05, 0) is 36.8 Å². The molecule has 1 amide bonds. The first-order valence-electron chi connectivity index (χ1n) is 5.99. The van der Waals surface area contributed by atoms with Gasteiger partial charge in [0.25, 0.3) is 5.91 Å². The van der Waals surface area contributed by atoms with Gasteiger partial charge in [0.15, 0.2) is 0 Å². The van der Waals surface area contributed by atoms with Gasteiger partial charge in [0.2, 0.25) is 0 Å². The number of rotatable bonds is 3. The molecule has 0 saturated carbocycles. The number of benzene rings is 2. The monoisotopic (exact) mass is 323 g/mol. The Balaban J connectivity index is 2.36. The highest BCUT2D eigenvalue weighted by Gasteiger charge is 2.17. The zero-order valence-electron chi connectivity index (χ0n) is 11.0. The quantitative estimate of drug-likeness (QED) is 0.887. The first-order valence-corrected chi connectivity index (χ1v) is 6.75. The van der Waals surface area contributed by atoms with Crippen molar-refractivity contribution < 1.29 is 14.7 Å². The molecule has 2 N–H and O–H groups in total. The number of aryl methyl sites for hydroxylation is 1. The first kappa shape index (κ1) is 15.4. The maximum absolute atomic E-state index is 12.2. The van der Waals surface area contributed by atoms with Crippen LogP contribution >= 0.6 is 23.2 Å². The molecule has 0 aromatic heterocycles. The summed E-state index contributed by atoms with van der Waals surface area (Å²) in [5, 5.41) is 12.4. The van der Waals surface area contributed by atoms with Gasteiger partial charge in [0.05, 0.1) is 21.8 Å². The van der Waals surface area contributed by atoms with Crippen molar-refractivity contribution in [3.8, 4) is 0 Å². The average Bonchev–Trinajstić information content (AvgIpc) is 2.37. The fraction of sp³-hybridized carbons (Fsp3) is 0.0667. The third-order valence-electron chi connectivity index (χ3n) is 2.91. The lowest BCUT2D eigenvalue weighted by atomic mass is 10.1. The third-order valence-corrected chi connectivity index (χ3v) is 3.46. The van der Waals surface area contributed by atoms with Gasteiger partial charge in [-0.15, -0.1) is 0 Å². The predicted molar refractivity (Wildman–Crippen MR) is 82.6 cm³/mol. The molecule has 0 aliphatic carbocycles. The van der Waals surface area contributed by atoms with Crippen molar-refractivity contribution in [1.82, 2.24) is 0 Å². The van der Waals surface area contributed by atoms with Crippen LogP contribution in [0.1, 0.15) is 26.3 Å². The fourth-order valence-corrected chi connectivity index (χ4v) is 2.41. The topological polar surface area (TPSA) is 66.4 Å². The summed E-state index contributed by atoms with van der Waals surface area (Å²) < 4.78 is 0. The van der Waals surface area contributed by atoms with Crippen LogP contribution < -0.4 is 5.32 Å². The molecule has 0 atom stereocenters. The number of carbonyl (C=O) groups is 2. The summed E-state index contributed by atoms with van der Waals surface area (Å²) in [4.78, 5) is 23.5. The van der Waals surface area contributed by atoms with Crippen molar-refractivity contribution >= 4 is 40.8 Å². The number of anilines is 1. The van der Waals surface area contributed by atoms with Crippen LogP contribution in [-0.2, 0) is 0 Å². The number of hydrogen-bond acceptors (Lipinski definition) is 2. The molecule has 0 bridgehead atoms. The van der Waals surface area contributed by atoms with E-state index in [1.54, 1.807) is 19.1 Å². The number of amides is 1. The molecule has 0 aliphatic rings. The maximum atomic E-state index is 12.2. The van der Waals surface area contributed by atoms with Crippen LogP contribution in [-0.4, -0.2) is 17.0 Å². The molecule has 2 rings (SSSR count). The summed E-state index contributed by atoms with van der Waals surface area (Å²) in [5.74, 6) is -1.60. The molecule has 2 aromatic carbocycles. The molecule has 2 aromatic rings. The molecular weight excluding hydrogens is 313 g/mol. The Kier molecular flexibility index (Phi) is 4.50. The molecule has 0 aliphatic heterocycles. The van der Waals surface area contributed by atoms with Gasteiger partial charge in [-0.25, -0.2) is 4.79 Å². The Morgan fingerprint density at radius 3 is 2.48 bits per heavy atom. The van der Waals surface area contributed by atoms with Crippen molar-refractivity contribution in [3.63, 3.8) is 0 Å². The van der Waals surface area contributed by atoms with E-state index in [1.165, 1.54) is 24.3 Å². The number of aromatic carboxylic acids is 1. The number of halogens is 2. The van der Waals surface area contributed by atoms with E-state index in [0.717, 1.165) is 0 Å². The highest BCUT2D eigenvalue weighted by atomic mass is 35.5. The van der Waals surface area contributed by atoms with Crippen LogP contribution in [0, 0.1) is 6.92 Å². The minimum Gasteiger partial charge on any atom is -0.478 e. The van der Waals surface area contributed by atoms with Gasteiger partial charge in [-0.2, -0.15) is 0 Å². The van der Waals surface area contributed by atoms with Crippen LogP contribution in [0.25, 0.3) is 0 Å². The molecule has 6 heteroatoms. The molecule has 0 spiro atoms. The van der Waals surface area contributed by atoms with Gasteiger partial charge >= 0.3 is 5.97 Å². The predicted octanol–water partition coefficient (Wildman–Crippen LogP) is 4.25. The normalized spacial score (nSPS) is 10.2. The summed E-state index contributed by atoms with van der Waals surface area (Å²) in [7, 11) is 0. The number of nitrogens with one attached hydrogen (secondary N) is 1. The maximum Gasteiger partial charge on any atom is 0.338 e. The second kappa shape index (κ2) is 6.16. The molecule has 0 unspecified atom stereocenters. The van der Waals surface area contributed by atoms with Crippen molar-refractivity contribution in [3.05, 3.63) is 63.1 Å². The lowest BCUT2D eigenvalue weighted by molar-refractivity contribution is 0.0697. The molecule has 0 radical (unpaired) electrons. The fourth-order valence-electron chi connectivity index (χ4n) is 1.92. The SMILES string of the molecule is Cc1cccc(NC(=O)c2ccc(Cl)cc2Cl)c1C(=O)O. The van der Waals surface area contributed by atoms with Gasteiger partial charge in [0.1, 0.15) is 0 Å². The molecular formula is C15H11Cl2NO3. The van der Waals surface area contributed by atoms with Crippen molar-refractivity contribution in [2.24, 2.45) is 0 Å². The Bertz CT molecular complexity index is 729. The van der Waals surface area contributed by atoms with E-state index in [4.69, 9.17) is 23.2 Å². The van der Waals surface area contributed by atoms with Crippen molar-refractivity contribution in [2.45, 2.75) is 6.92 Å². The number of hydrogen-bond donors (Lipinski definition) is 2. The lowest BCUT2D eigenvalue weighted by Crippen LogP contribution is -2.16. The van der Waals surface area contributed by atoms with E-state index in [0.29, 0.717) is 10.6 Å². The van der Waals surface area contributed by atoms with Crippen LogP contribution in [0.2, 0.25) is 10.0 Å². The van der Waals surface area contributed by atoms with E-state index < -0.39 is 11.9 Å². The average molecular weight is 324 g/mol. The summed E-state index contributed by atoms with van der Waals surface area (Å²) in [6.45, 7) is 1.66. The Labute approximate surface area is 131 Å². The molecule has 0 heterocycles. The molecule has 4 nitrogen and oxygen atoms in total. The summed E-state index contributed by atoms with van der Waals surface area (Å²) in [6.07, 6.45) is 0. The summed E-state index contributed by atoms with van der Waals surface area (Å²) in [6, 6.07) is 9.33. The summed E-state index contributed by atoms with van der Waals surface area (Å²) in [5.41, 5.74) is 1.05. The van der Waals surface area contributed by atoms with E-state index in [-0.39, 0.29) is 21.8 Å². The smallest absolute Gasteiger partial charge is 0.338 e. The Morgan fingerprint density at radius 1 is 1.14 bits per heavy atom. The molecule has 0 saturated heterocycles. The van der Waals surface area contributed by atoms with Crippen LogP contribution in [0.4, 0.5) is 5.69 Å². The van der Waals surface area contributed by atoms with E-state index in [9.17, 15) is 14.7 Å². The lowest BCUT2D eigenvalue weighted by Gasteiger charge is -2.11. The highest BCUT2D eigenvalue weighted by molar-refractivity contribution is 6.37. The van der Waals surface area contributed by atoms with Crippen LogP contribution in [0.15, 0.2) is 36.4 Å². The third kappa shape index (κ3) is 3.35. The summed E-state index contributed by atoms with van der Waals surface area (Å²) >= 11 is 11.7. The minimum absolute atomic E-state index is 0.0518. The van der Waals surface area contributed by atoms with Crippen molar-refractivity contribution in [1.29, 1.82) is 0 Å². The number of carboxylic acid groups (broad SMARTS) is 1. The van der Waals surface area contributed by atoms with Gasteiger partial charge in [0, 0.05) is 5.02 Å². The van der Waals surface area contributed by atoms with Crippen molar-refractivity contribution in [2.75, 3.05) is 5.32 Å². The highest BCUT2D eigenvalue weighted by Crippen LogP contribution is 2.24. The molecule has 0 fully saturated rings. The van der Waals surface area contributed by atoms with Gasteiger partial charge in [-0.3, -0.25) is 4.79 Å². The Hall–Kier alpha value is -2.04. The number of carboxylic acids is 1. The Morgan fingerprint density at radius 2 is 1.86 bits per heavy atom. The second-order valence-corrected chi connectivity index (χ2v) is 5.22. The molecule has 108 valence electrons. The second-order valence-electron chi connectivity index (χ2n) is 4.38. The largest absolute Gasteiger partial charge is 0.478 e. The minimum atomic E-state index is -1.11. The van der Waals surface area contributed by atoms with Gasteiger partial charge in [-0.1, -0.05) is 35.3 Å². The first-order chi connectivity index (χ1) is 9.90. The van der Waals surface area contributed by atoms with Crippen LogP contribution in [0.5, 0.6) is 0 Å². The zero-order valence-corrected chi connectivity index (χ0v) is 12.5. The molecule has 21 heavy (non-hydrogen) atoms. The van der Waals surface area contributed by atoms with E-state index >= 15 is 0 Å². The number of carbonyl (C=O) groups excluding carboxylic acids is 1.